The molecule has 0 fully saturated rings. The van der Waals surface area contributed by atoms with Crippen LogP contribution in [0.15, 0.2) is 54.6 Å². The average molecular weight is 427 g/mol. The van der Waals surface area contributed by atoms with Crippen LogP contribution in [0.3, 0.4) is 0 Å². The van der Waals surface area contributed by atoms with E-state index in [9.17, 15) is 4.79 Å². The lowest BCUT2D eigenvalue weighted by Gasteiger charge is -2.13. The van der Waals surface area contributed by atoms with E-state index in [2.05, 4.69) is 13.8 Å². The van der Waals surface area contributed by atoms with Crippen LogP contribution in [-0.4, -0.2) is 32.4 Å². The second-order valence-electron chi connectivity index (χ2n) is 7.25. The lowest BCUT2D eigenvalue weighted by Crippen LogP contribution is -2.13. The fraction of sp³-hybridized carbons (Fsp3) is 0.423. The maximum Gasteiger partial charge on any atom is 0.336 e. The lowest BCUT2D eigenvalue weighted by molar-refractivity contribution is -0.128. The number of benzene rings is 2. The van der Waals surface area contributed by atoms with Gasteiger partial charge >= 0.3 is 5.97 Å². The largest absolute Gasteiger partial charge is 0.494 e. The Morgan fingerprint density at radius 1 is 0.871 bits per heavy atom. The molecule has 0 aliphatic carbocycles. The van der Waals surface area contributed by atoms with Gasteiger partial charge in [0.1, 0.15) is 17.2 Å². The van der Waals surface area contributed by atoms with E-state index in [-0.39, 0.29) is 6.10 Å². The highest BCUT2D eigenvalue weighted by molar-refractivity contribution is 5.88. The van der Waals surface area contributed by atoms with Crippen molar-refractivity contribution < 1.29 is 23.7 Å². The van der Waals surface area contributed by atoms with Crippen molar-refractivity contribution in [3.05, 3.63) is 60.2 Å². The lowest BCUT2D eigenvalue weighted by atomic mass is 10.2. The number of methoxy groups -OCH3 is 1. The van der Waals surface area contributed by atoms with Crippen LogP contribution in [0.2, 0.25) is 0 Å². The number of hydrogen-bond acceptors (Lipinski definition) is 5. The molecule has 2 aromatic carbocycles. The molecule has 2 aromatic rings. The highest BCUT2D eigenvalue weighted by Gasteiger charge is 2.05. The molecule has 5 heteroatoms. The van der Waals surface area contributed by atoms with Gasteiger partial charge in [0.2, 0.25) is 0 Å². The van der Waals surface area contributed by atoms with E-state index in [0.717, 1.165) is 42.9 Å². The summed E-state index contributed by atoms with van der Waals surface area (Å²) in [5.41, 5.74) is 0.906. The molecule has 0 N–H and O–H groups in total. The van der Waals surface area contributed by atoms with Gasteiger partial charge in [0.15, 0.2) is 0 Å². The molecule has 31 heavy (non-hydrogen) atoms. The summed E-state index contributed by atoms with van der Waals surface area (Å²) >= 11 is 0. The normalized spacial score (nSPS) is 12.0. The minimum atomic E-state index is -0.431. The first-order chi connectivity index (χ1) is 15.1. The number of unbranched alkanes of at least 4 members (excludes halogenated alkanes) is 2. The fourth-order valence-corrected chi connectivity index (χ4v) is 2.93. The van der Waals surface area contributed by atoms with Crippen molar-refractivity contribution in [1.29, 1.82) is 0 Å². The van der Waals surface area contributed by atoms with Crippen LogP contribution in [-0.2, 0) is 9.53 Å². The van der Waals surface area contributed by atoms with Gasteiger partial charge in [0, 0.05) is 19.6 Å². The molecular weight excluding hydrogens is 392 g/mol. The summed E-state index contributed by atoms with van der Waals surface area (Å²) in [6, 6.07) is 14.7. The Labute approximate surface area is 186 Å². The van der Waals surface area contributed by atoms with E-state index in [1.165, 1.54) is 18.9 Å². The average Bonchev–Trinajstić information content (AvgIpc) is 2.80. The van der Waals surface area contributed by atoms with Gasteiger partial charge in [-0.2, -0.15) is 0 Å². The van der Waals surface area contributed by atoms with E-state index >= 15 is 0 Å². The molecule has 1 atom stereocenters. The van der Waals surface area contributed by atoms with Gasteiger partial charge in [0.05, 0.1) is 19.3 Å². The van der Waals surface area contributed by atoms with Crippen LogP contribution >= 0.6 is 0 Å². The van der Waals surface area contributed by atoms with Crippen LogP contribution < -0.4 is 14.2 Å². The van der Waals surface area contributed by atoms with E-state index in [1.807, 2.05) is 24.3 Å². The van der Waals surface area contributed by atoms with E-state index in [0.29, 0.717) is 12.4 Å². The molecule has 0 aliphatic heterocycles. The molecule has 0 saturated heterocycles. The van der Waals surface area contributed by atoms with Crippen LogP contribution in [0.1, 0.15) is 51.5 Å². The van der Waals surface area contributed by atoms with Gasteiger partial charge < -0.3 is 18.9 Å². The summed E-state index contributed by atoms with van der Waals surface area (Å²) in [7, 11) is 1.71. The second kappa shape index (κ2) is 14.3. The van der Waals surface area contributed by atoms with E-state index < -0.39 is 5.97 Å². The van der Waals surface area contributed by atoms with E-state index in [4.69, 9.17) is 18.9 Å². The molecule has 0 radical (unpaired) electrons. The summed E-state index contributed by atoms with van der Waals surface area (Å²) in [4.78, 5) is 12.1. The summed E-state index contributed by atoms with van der Waals surface area (Å²) in [5.74, 6) is 1.62. The number of ether oxygens (including phenoxy) is 4. The Hall–Kier alpha value is -2.79. The Balaban J connectivity index is 1.75. The van der Waals surface area contributed by atoms with Crippen molar-refractivity contribution in [2.45, 2.75) is 52.1 Å². The van der Waals surface area contributed by atoms with Crippen molar-refractivity contribution in [1.82, 2.24) is 0 Å². The maximum atomic E-state index is 12.1. The molecule has 0 spiro atoms. The second-order valence-corrected chi connectivity index (χ2v) is 7.25. The molecule has 0 aliphatic rings. The van der Waals surface area contributed by atoms with Crippen LogP contribution in [0.4, 0.5) is 0 Å². The third-order valence-electron chi connectivity index (χ3n) is 4.85. The van der Waals surface area contributed by atoms with Crippen LogP contribution in [0, 0.1) is 0 Å². The van der Waals surface area contributed by atoms with Crippen molar-refractivity contribution in [3.8, 4) is 17.2 Å². The summed E-state index contributed by atoms with van der Waals surface area (Å²) in [6.07, 6.45) is 8.55. The number of carbonyl (C=O) groups is 1. The van der Waals surface area contributed by atoms with Crippen molar-refractivity contribution in [2.75, 3.05) is 20.3 Å². The van der Waals surface area contributed by atoms with Crippen LogP contribution in [0.25, 0.3) is 6.08 Å². The first-order valence-electron chi connectivity index (χ1n) is 11.0. The Bertz CT molecular complexity index is 776. The molecule has 2 rings (SSSR count). The number of esters is 1. The highest BCUT2D eigenvalue weighted by Crippen LogP contribution is 2.19. The van der Waals surface area contributed by atoms with Gasteiger partial charge in [-0.25, -0.2) is 4.79 Å². The zero-order valence-electron chi connectivity index (χ0n) is 18.8. The quantitative estimate of drug-likeness (QED) is 0.159. The first-order valence-corrected chi connectivity index (χ1v) is 11.0. The van der Waals surface area contributed by atoms with Gasteiger partial charge in [-0.1, -0.05) is 38.8 Å². The number of rotatable bonds is 14. The third-order valence-corrected chi connectivity index (χ3v) is 4.85. The molecule has 0 saturated carbocycles. The smallest absolute Gasteiger partial charge is 0.336 e. The molecule has 1 unspecified atom stereocenters. The molecule has 5 nitrogen and oxygen atoms in total. The highest BCUT2D eigenvalue weighted by atomic mass is 16.5. The van der Waals surface area contributed by atoms with Crippen molar-refractivity contribution in [2.24, 2.45) is 0 Å². The first kappa shape index (κ1) is 24.5. The van der Waals surface area contributed by atoms with Gasteiger partial charge in [-0.05, 0) is 60.9 Å². The van der Waals surface area contributed by atoms with E-state index in [1.54, 1.807) is 37.5 Å². The minimum Gasteiger partial charge on any atom is -0.494 e. The Kier molecular flexibility index (Phi) is 11.3. The molecule has 0 bridgehead atoms. The zero-order valence-corrected chi connectivity index (χ0v) is 18.8. The Morgan fingerprint density at radius 2 is 1.48 bits per heavy atom. The van der Waals surface area contributed by atoms with Crippen LogP contribution in [0.5, 0.6) is 17.2 Å². The standard InChI is InChI=1S/C26H34O5/c1-4-6-7-19-29-23-11-8-21(9-12-23)10-17-26(27)31-25-15-13-24(14-16-25)30-20-18-22(5-2)28-3/h8-17,22H,4-7,18-20H2,1-3H3. The monoisotopic (exact) mass is 426 g/mol. The summed E-state index contributed by atoms with van der Waals surface area (Å²) < 4.78 is 22.1. The predicted octanol–water partition coefficient (Wildman–Crippen LogP) is 6.07. The van der Waals surface area contributed by atoms with Crippen molar-refractivity contribution >= 4 is 12.0 Å². The maximum absolute atomic E-state index is 12.1. The topological polar surface area (TPSA) is 54.0 Å². The molecule has 0 heterocycles. The molecule has 0 amide bonds. The number of carbonyl (C=O) groups excluding carboxylic acids is 1. The third kappa shape index (κ3) is 9.71. The van der Waals surface area contributed by atoms with Crippen molar-refractivity contribution in [3.63, 3.8) is 0 Å². The predicted molar refractivity (Wildman–Crippen MR) is 124 cm³/mol. The number of hydrogen-bond donors (Lipinski definition) is 0. The van der Waals surface area contributed by atoms with Gasteiger partial charge in [-0.15, -0.1) is 0 Å². The zero-order chi connectivity index (χ0) is 22.3. The SMILES string of the molecule is CCCCCOc1ccc(C=CC(=O)Oc2ccc(OCCC(CC)OC)cc2)cc1. The molecule has 0 aromatic heterocycles. The summed E-state index contributed by atoms with van der Waals surface area (Å²) in [5, 5.41) is 0. The van der Waals surface area contributed by atoms with Gasteiger partial charge in [-0.3, -0.25) is 0 Å². The summed E-state index contributed by atoms with van der Waals surface area (Å²) in [6.45, 7) is 5.57. The molecule has 168 valence electrons. The Morgan fingerprint density at radius 3 is 2.10 bits per heavy atom. The minimum absolute atomic E-state index is 0.210. The fourth-order valence-electron chi connectivity index (χ4n) is 2.93. The molecular formula is C26H34O5. The van der Waals surface area contributed by atoms with Gasteiger partial charge in [0.25, 0.3) is 0 Å².